The number of hydrogen-bond acceptors (Lipinski definition) is 5. The Morgan fingerprint density at radius 1 is 1.54 bits per heavy atom. The lowest BCUT2D eigenvalue weighted by atomic mass is 10.1. The molecule has 1 fully saturated rings. The van der Waals surface area contributed by atoms with Gasteiger partial charge < -0.3 is 24.5 Å². The van der Waals surface area contributed by atoms with E-state index >= 15 is 0 Å². The summed E-state index contributed by atoms with van der Waals surface area (Å²) in [7, 11) is 0. The number of aliphatic hydroxyl groups is 2. The molecule has 0 unspecified atom stereocenters. The molecule has 5 nitrogen and oxygen atoms in total. The third-order valence-corrected chi connectivity index (χ3v) is 1.86. The van der Waals surface area contributed by atoms with E-state index in [2.05, 4.69) is 0 Å². The number of rotatable bonds is 3. The van der Waals surface area contributed by atoms with Gasteiger partial charge in [0.15, 0.2) is 12.1 Å². The van der Waals surface area contributed by atoms with Crippen LogP contribution in [0.3, 0.4) is 0 Å². The summed E-state index contributed by atoms with van der Waals surface area (Å²) in [6.45, 7) is 2.84. The minimum absolute atomic E-state index is 0.450. The maximum Gasteiger partial charge on any atom is 0.164 e. The molecule has 0 spiro atoms. The Hall–Kier alpha value is -0.490. The molecule has 0 bridgehead atoms. The lowest BCUT2D eigenvalue weighted by Gasteiger charge is -2.19. The van der Waals surface area contributed by atoms with Crippen molar-refractivity contribution in [2.75, 3.05) is 6.61 Å². The molecule has 0 aromatic rings. The molecule has 0 aromatic heterocycles. The number of aldehydes is 1. The molecule has 5 heteroatoms. The van der Waals surface area contributed by atoms with Crippen molar-refractivity contribution in [1.82, 2.24) is 0 Å². The van der Waals surface area contributed by atoms with Crippen LogP contribution in [0.1, 0.15) is 13.8 Å². The van der Waals surface area contributed by atoms with E-state index in [9.17, 15) is 9.90 Å². The van der Waals surface area contributed by atoms with Gasteiger partial charge in [0.05, 0.1) is 6.61 Å². The maximum atomic E-state index is 10.5. The second kappa shape index (κ2) is 3.71. The summed E-state index contributed by atoms with van der Waals surface area (Å²) in [5, 5.41) is 18.0. The average Bonchev–Trinajstić information content (AvgIpc) is 2.39. The first kappa shape index (κ1) is 10.6. The van der Waals surface area contributed by atoms with E-state index in [1.54, 1.807) is 13.8 Å². The average molecular weight is 190 g/mol. The quantitative estimate of drug-likeness (QED) is 0.562. The highest BCUT2D eigenvalue weighted by Crippen LogP contribution is 2.28. The van der Waals surface area contributed by atoms with Gasteiger partial charge in [0, 0.05) is 0 Å². The van der Waals surface area contributed by atoms with Crippen molar-refractivity contribution >= 4 is 6.29 Å². The monoisotopic (exact) mass is 190 g/mol. The Morgan fingerprint density at radius 2 is 2.15 bits per heavy atom. The molecule has 1 aliphatic heterocycles. The molecule has 2 N–H and O–H groups in total. The molecule has 3 atom stereocenters. The highest BCUT2D eigenvalue weighted by molar-refractivity contribution is 5.58. The van der Waals surface area contributed by atoms with Crippen LogP contribution in [0.25, 0.3) is 0 Å². The Bertz CT molecular complexity index is 191. The Labute approximate surface area is 76.3 Å². The van der Waals surface area contributed by atoms with Gasteiger partial charge in [-0.15, -0.1) is 0 Å². The van der Waals surface area contributed by atoms with E-state index in [1.165, 1.54) is 0 Å². The maximum absolute atomic E-state index is 10.5. The van der Waals surface area contributed by atoms with E-state index in [0.29, 0.717) is 6.29 Å². The smallest absolute Gasteiger partial charge is 0.164 e. The summed E-state index contributed by atoms with van der Waals surface area (Å²) in [4.78, 5) is 10.5. The largest absolute Gasteiger partial charge is 0.394 e. The number of hydrogen-bond donors (Lipinski definition) is 2. The molecule has 0 aliphatic carbocycles. The molecule has 1 rings (SSSR count). The van der Waals surface area contributed by atoms with Crippen molar-refractivity contribution in [3.8, 4) is 0 Å². The third kappa shape index (κ3) is 2.25. The topological polar surface area (TPSA) is 76.0 Å². The predicted molar refractivity (Wildman–Crippen MR) is 43.0 cm³/mol. The third-order valence-electron chi connectivity index (χ3n) is 1.86. The fourth-order valence-electron chi connectivity index (χ4n) is 1.32. The normalized spacial score (nSPS) is 34.5. The van der Waals surface area contributed by atoms with Crippen molar-refractivity contribution in [3.63, 3.8) is 0 Å². The van der Waals surface area contributed by atoms with E-state index in [1.807, 2.05) is 0 Å². The van der Waals surface area contributed by atoms with Gasteiger partial charge in [-0.1, -0.05) is 0 Å². The van der Waals surface area contributed by atoms with Crippen LogP contribution in [0, 0.1) is 0 Å². The minimum atomic E-state index is -1.09. The lowest BCUT2D eigenvalue weighted by Crippen LogP contribution is -2.38. The van der Waals surface area contributed by atoms with Gasteiger partial charge in [-0.2, -0.15) is 0 Å². The van der Waals surface area contributed by atoms with Gasteiger partial charge in [-0.3, -0.25) is 0 Å². The van der Waals surface area contributed by atoms with E-state index in [-0.39, 0.29) is 0 Å². The number of aliphatic hydroxyl groups excluding tert-OH is 2. The van der Waals surface area contributed by atoms with Gasteiger partial charge in [-0.25, -0.2) is 0 Å². The fraction of sp³-hybridized carbons (Fsp3) is 0.875. The van der Waals surface area contributed by atoms with E-state index in [0.717, 1.165) is 0 Å². The van der Waals surface area contributed by atoms with Crippen molar-refractivity contribution in [1.29, 1.82) is 0 Å². The lowest BCUT2D eigenvalue weighted by molar-refractivity contribution is -0.158. The van der Waals surface area contributed by atoms with Crippen LogP contribution in [0.2, 0.25) is 0 Å². The molecule has 0 saturated carbocycles. The van der Waals surface area contributed by atoms with Crippen LogP contribution < -0.4 is 0 Å². The van der Waals surface area contributed by atoms with Crippen LogP contribution in [0.4, 0.5) is 0 Å². The molecule has 0 amide bonds. The van der Waals surface area contributed by atoms with Crippen LogP contribution in [0.15, 0.2) is 0 Å². The molecule has 76 valence electrons. The SMILES string of the molecule is CC1(C)O[C@H]([C@@H](O)CO)[C@H](C=O)O1. The fourth-order valence-corrected chi connectivity index (χ4v) is 1.32. The standard InChI is InChI=1S/C8H14O5/c1-8(2)12-6(4-10)7(13-8)5(11)3-9/h4-7,9,11H,3H2,1-2H3/t5-,6-,7+/m0/s1. The zero-order valence-electron chi connectivity index (χ0n) is 7.64. The van der Waals surface area contributed by atoms with Gasteiger partial charge in [0.25, 0.3) is 0 Å². The van der Waals surface area contributed by atoms with Crippen molar-refractivity contribution in [3.05, 3.63) is 0 Å². The Kier molecular flexibility index (Phi) is 3.02. The van der Waals surface area contributed by atoms with Crippen LogP contribution >= 0.6 is 0 Å². The summed E-state index contributed by atoms with van der Waals surface area (Å²) in [5.74, 6) is -0.883. The molecule has 13 heavy (non-hydrogen) atoms. The summed E-state index contributed by atoms with van der Waals surface area (Å²) in [6.07, 6.45) is -2.11. The molecule has 0 aromatic carbocycles. The van der Waals surface area contributed by atoms with Gasteiger partial charge >= 0.3 is 0 Å². The Morgan fingerprint density at radius 3 is 2.62 bits per heavy atom. The minimum Gasteiger partial charge on any atom is -0.394 e. The van der Waals surface area contributed by atoms with E-state index < -0.39 is 30.7 Å². The van der Waals surface area contributed by atoms with E-state index in [4.69, 9.17) is 14.6 Å². The molecular formula is C8H14O5. The second-order valence-electron chi connectivity index (χ2n) is 3.45. The summed E-state index contributed by atoms with van der Waals surface area (Å²) in [5.41, 5.74) is 0. The van der Waals surface area contributed by atoms with Gasteiger partial charge in [0.1, 0.15) is 18.3 Å². The molecular weight excluding hydrogens is 176 g/mol. The first-order valence-corrected chi connectivity index (χ1v) is 4.10. The molecule has 1 aliphatic rings. The molecule has 0 radical (unpaired) electrons. The second-order valence-corrected chi connectivity index (χ2v) is 3.45. The van der Waals surface area contributed by atoms with Crippen LogP contribution in [-0.2, 0) is 14.3 Å². The summed E-state index contributed by atoms with van der Waals surface area (Å²) >= 11 is 0. The van der Waals surface area contributed by atoms with Crippen LogP contribution in [-0.4, -0.2) is 47.2 Å². The number of carbonyl (C=O) groups is 1. The predicted octanol–water partition coefficient (Wildman–Crippen LogP) is -0.941. The molecule has 1 heterocycles. The zero-order chi connectivity index (χ0) is 10.1. The Balaban J connectivity index is 2.68. The number of carbonyl (C=O) groups excluding carboxylic acids is 1. The van der Waals surface area contributed by atoms with Crippen molar-refractivity contribution in [2.45, 2.75) is 37.9 Å². The van der Waals surface area contributed by atoms with Crippen molar-refractivity contribution in [2.24, 2.45) is 0 Å². The highest BCUT2D eigenvalue weighted by atomic mass is 16.8. The first-order chi connectivity index (χ1) is 6.00. The van der Waals surface area contributed by atoms with Gasteiger partial charge in [0.2, 0.25) is 0 Å². The van der Waals surface area contributed by atoms with Crippen molar-refractivity contribution < 1.29 is 24.5 Å². The summed E-state index contributed by atoms with van der Waals surface area (Å²) < 4.78 is 10.4. The number of ether oxygens (including phenoxy) is 2. The van der Waals surface area contributed by atoms with Gasteiger partial charge in [-0.05, 0) is 13.8 Å². The summed E-state index contributed by atoms with van der Waals surface area (Å²) in [6, 6.07) is 0. The zero-order valence-corrected chi connectivity index (χ0v) is 7.64. The highest BCUT2D eigenvalue weighted by Gasteiger charge is 2.44. The first-order valence-electron chi connectivity index (χ1n) is 4.10. The van der Waals surface area contributed by atoms with Crippen LogP contribution in [0.5, 0.6) is 0 Å². The molecule has 1 saturated heterocycles.